The molecule has 1 saturated heterocycles. The van der Waals surface area contributed by atoms with Crippen LogP contribution in [0.2, 0.25) is 0 Å². The molecule has 0 spiro atoms. The lowest BCUT2D eigenvalue weighted by Crippen LogP contribution is -2.43. The lowest BCUT2D eigenvalue weighted by Gasteiger charge is -2.20. The largest absolute Gasteiger partial charge is 0.388 e. The fourth-order valence-electron chi connectivity index (χ4n) is 1.76. The van der Waals surface area contributed by atoms with E-state index in [4.69, 9.17) is 10.5 Å². The molecule has 1 rings (SSSR count). The maximum absolute atomic E-state index is 11.8. The summed E-state index contributed by atoms with van der Waals surface area (Å²) in [5.41, 5.74) is 5.72. The number of aliphatic hydroxyl groups is 2. The van der Waals surface area contributed by atoms with Gasteiger partial charge in [0.05, 0.1) is 18.2 Å². The monoisotopic (exact) mass is 232 g/mol. The molecule has 1 fully saturated rings. The van der Waals surface area contributed by atoms with Gasteiger partial charge in [-0.1, -0.05) is 0 Å². The zero-order valence-electron chi connectivity index (χ0n) is 9.50. The minimum atomic E-state index is -0.852. The van der Waals surface area contributed by atoms with Crippen molar-refractivity contribution < 1.29 is 19.7 Å². The quantitative estimate of drug-likeness (QED) is 0.491. The summed E-state index contributed by atoms with van der Waals surface area (Å²) >= 11 is 0. The summed E-state index contributed by atoms with van der Waals surface area (Å²) in [6.07, 6.45) is -0.428. The molecule has 0 aromatic rings. The first kappa shape index (κ1) is 13.4. The first-order chi connectivity index (χ1) is 7.56. The smallest absolute Gasteiger partial charge is 0.239 e. The van der Waals surface area contributed by atoms with E-state index in [-0.39, 0.29) is 19.0 Å². The number of carbonyl (C=O) groups excluding carboxylic acids is 1. The number of amides is 1. The van der Waals surface area contributed by atoms with Gasteiger partial charge in [-0.2, -0.15) is 0 Å². The minimum Gasteiger partial charge on any atom is -0.388 e. The average Bonchev–Trinajstić information content (AvgIpc) is 2.58. The van der Waals surface area contributed by atoms with E-state index in [1.165, 1.54) is 4.90 Å². The highest BCUT2D eigenvalue weighted by atomic mass is 16.5. The molecule has 6 heteroatoms. The Morgan fingerprint density at radius 1 is 1.50 bits per heavy atom. The van der Waals surface area contributed by atoms with Crippen LogP contribution in [0.3, 0.4) is 0 Å². The molecular weight excluding hydrogens is 212 g/mol. The number of nitrogens with two attached hydrogens (primary N) is 1. The van der Waals surface area contributed by atoms with Crippen LogP contribution in [0.1, 0.15) is 12.8 Å². The number of ether oxygens (including phenoxy) is 1. The highest BCUT2D eigenvalue weighted by molar-refractivity contribution is 5.82. The molecule has 0 bridgehead atoms. The Balaban J connectivity index is 2.33. The van der Waals surface area contributed by atoms with Gasteiger partial charge in [-0.25, -0.2) is 0 Å². The van der Waals surface area contributed by atoms with Gasteiger partial charge in [0.15, 0.2) is 0 Å². The van der Waals surface area contributed by atoms with Gasteiger partial charge in [0.25, 0.3) is 0 Å². The number of rotatable bonds is 5. The molecule has 0 aliphatic carbocycles. The zero-order valence-corrected chi connectivity index (χ0v) is 9.50. The topological polar surface area (TPSA) is 96.0 Å². The third kappa shape index (κ3) is 3.41. The molecule has 0 aromatic heterocycles. The van der Waals surface area contributed by atoms with Gasteiger partial charge >= 0.3 is 0 Å². The summed E-state index contributed by atoms with van der Waals surface area (Å²) in [6.45, 7) is 0.905. The van der Waals surface area contributed by atoms with Gasteiger partial charge in [-0.05, 0) is 12.8 Å². The predicted molar refractivity (Wildman–Crippen MR) is 57.7 cm³/mol. The van der Waals surface area contributed by atoms with Gasteiger partial charge in [-0.15, -0.1) is 0 Å². The second kappa shape index (κ2) is 6.15. The third-order valence-electron chi connectivity index (χ3n) is 2.75. The molecule has 0 aromatic carbocycles. The van der Waals surface area contributed by atoms with Crippen LogP contribution in [0.5, 0.6) is 0 Å². The van der Waals surface area contributed by atoms with Gasteiger partial charge in [0, 0.05) is 26.8 Å². The number of β-amino-alcohol motifs (C(OH)–C–C–N with tert-alkyl or cyclic N) is 2. The maximum Gasteiger partial charge on any atom is 0.239 e. The second-order valence-corrected chi connectivity index (χ2v) is 4.12. The molecule has 0 radical (unpaired) electrons. The molecule has 94 valence electrons. The van der Waals surface area contributed by atoms with E-state index in [9.17, 15) is 15.0 Å². The molecule has 1 unspecified atom stereocenters. The number of hydrogen-bond donors (Lipinski definition) is 3. The fraction of sp³-hybridized carbons (Fsp3) is 0.900. The van der Waals surface area contributed by atoms with Crippen LogP contribution in [-0.2, 0) is 9.53 Å². The maximum atomic E-state index is 11.8. The predicted octanol–water partition coefficient (Wildman–Crippen LogP) is -1.70. The fourth-order valence-corrected chi connectivity index (χ4v) is 1.76. The first-order valence-corrected chi connectivity index (χ1v) is 5.45. The van der Waals surface area contributed by atoms with Crippen LogP contribution in [0.25, 0.3) is 0 Å². The van der Waals surface area contributed by atoms with E-state index in [1.807, 2.05) is 0 Å². The van der Waals surface area contributed by atoms with Crippen molar-refractivity contribution >= 4 is 5.91 Å². The van der Waals surface area contributed by atoms with Crippen LogP contribution >= 0.6 is 0 Å². The van der Waals surface area contributed by atoms with Crippen LogP contribution in [0, 0.1) is 0 Å². The number of aliphatic hydroxyl groups excluding tert-OH is 2. The van der Waals surface area contributed by atoms with Crippen molar-refractivity contribution in [3.05, 3.63) is 0 Å². The van der Waals surface area contributed by atoms with Gasteiger partial charge in [-0.3, -0.25) is 4.79 Å². The number of methoxy groups -OCH3 is 1. The van der Waals surface area contributed by atoms with Crippen LogP contribution < -0.4 is 5.73 Å². The second-order valence-electron chi connectivity index (χ2n) is 4.12. The van der Waals surface area contributed by atoms with Crippen molar-refractivity contribution in [1.82, 2.24) is 4.90 Å². The molecular formula is C10H20N2O4. The van der Waals surface area contributed by atoms with Crippen molar-refractivity contribution in [2.45, 2.75) is 31.1 Å². The zero-order chi connectivity index (χ0) is 12.1. The molecule has 4 N–H and O–H groups in total. The Morgan fingerprint density at radius 3 is 2.56 bits per heavy atom. The van der Waals surface area contributed by atoms with E-state index in [0.717, 1.165) is 6.42 Å². The molecule has 16 heavy (non-hydrogen) atoms. The summed E-state index contributed by atoms with van der Waals surface area (Å²) in [6, 6.07) is -0.576. The number of nitrogens with zero attached hydrogens (tertiary/aromatic N) is 1. The number of hydrogen-bond acceptors (Lipinski definition) is 5. The molecule has 6 nitrogen and oxygen atoms in total. The third-order valence-corrected chi connectivity index (χ3v) is 2.75. The van der Waals surface area contributed by atoms with E-state index >= 15 is 0 Å². The summed E-state index contributed by atoms with van der Waals surface area (Å²) in [4.78, 5) is 13.2. The Labute approximate surface area is 95.0 Å². The van der Waals surface area contributed by atoms with E-state index in [1.54, 1.807) is 7.11 Å². The Hall–Kier alpha value is -0.690. The normalized spacial score (nSPS) is 27.1. The molecule has 1 aliphatic rings. The number of carbonyl (C=O) groups is 1. The van der Waals surface area contributed by atoms with E-state index in [0.29, 0.717) is 13.0 Å². The average molecular weight is 232 g/mol. The van der Waals surface area contributed by atoms with Crippen LogP contribution in [0.4, 0.5) is 0 Å². The van der Waals surface area contributed by atoms with Crippen molar-refractivity contribution in [3.63, 3.8) is 0 Å². The van der Waals surface area contributed by atoms with E-state index < -0.39 is 18.2 Å². The minimum absolute atomic E-state index is 0.165. The van der Waals surface area contributed by atoms with E-state index in [2.05, 4.69) is 0 Å². The number of likely N-dealkylation sites (tertiary alicyclic amines) is 1. The lowest BCUT2D eigenvalue weighted by molar-refractivity contribution is -0.132. The Kier molecular flexibility index (Phi) is 5.14. The van der Waals surface area contributed by atoms with Gasteiger partial charge in [0.1, 0.15) is 0 Å². The Morgan fingerprint density at radius 2 is 2.06 bits per heavy atom. The molecule has 0 saturated carbocycles. The van der Waals surface area contributed by atoms with Crippen molar-refractivity contribution in [3.8, 4) is 0 Å². The Bertz CT molecular complexity index is 227. The molecule has 1 heterocycles. The molecule has 1 aliphatic heterocycles. The van der Waals surface area contributed by atoms with Crippen LogP contribution in [-0.4, -0.2) is 66.1 Å². The van der Waals surface area contributed by atoms with Crippen LogP contribution in [0.15, 0.2) is 0 Å². The highest BCUT2D eigenvalue weighted by Gasteiger charge is 2.34. The standard InChI is InChI=1S/C10H20N2O4/c1-16-4-2-3-7(11)10(15)12-5-8(13)9(14)6-12/h7-9,13-14H,2-6,11H2,1H3/t7?,8-,9+. The highest BCUT2D eigenvalue weighted by Crippen LogP contribution is 2.12. The molecule has 1 amide bonds. The SMILES string of the molecule is COCCCC(N)C(=O)N1C[C@@H](O)[C@@H](O)C1. The van der Waals surface area contributed by atoms with Gasteiger partial charge in [0.2, 0.25) is 5.91 Å². The summed E-state index contributed by atoms with van der Waals surface area (Å²) in [7, 11) is 1.60. The molecule has 3 atom stereocenters. The van der Waals surface area contributed by atoms with Crippen molar-refractivity contribution in [1.29, 1.82) is 0 Å². The summed E-state index contributed by atoms with van der Waals surface area (Å²) in [5.74, 6) is -0.216. The summed E-state index contributed by atoms with van der Waals surface area (Å²) in [5, 5.41) is 18.6. The summed E-state index contributed by atoms with van der Waals surface area (Å²) < 4.78 is 4.87. The van der Waals surface area contributed by atoms with Crippen molar-refractivity contribution in [2.75, 3.05) is 26.8 Å². The van der Waals surface area contributed by atoms with Crippen molar-refractivity contribution in [2.24, 2.45) is 5.73 Å². The van der Waals surface area contributed by atoms with Gasteiger partial charge < -0.3 is 25.6 Å². The first-order valence-electron chi connectivity index (χ1n) is 5.45. The lowest BCUT2D eigenvalue weighted by atomic mass is 10.1.